The summed E-state index contributed by atoms with van der Waals surface area (Å²) in [6, 6.07) is 25.7. The van der Waals surface area contributed by atoms with E-state index in [1.54, 1.807) is 29.2 Å². The lowest BCUT2D eigenvalue weighted by molar-refractivity contribution is -0.129. The monoisotopic (exact) mass is 465 g/mol. The maximum atomic E-state index is 13.3. The predicted octanol–water partition coefficient (Wildman–Crippen LogP) is 5.47. The van der Waals surface area contributed by atoms with Gasteiger partial charge in [0.25, 0.3) is 5.91 Å². The highest BCUT2D eigenvalue weighted by molar-refractivity contribution is 6.14. The Morgan fingerprint density at radius 2 is 1.71 bits per heavy atom. The zero-order valence-electron chi connectivity index (χ0n) is 19.3. The Bertz CT molecular complexity index is 1260. The van der Waals surface area contributed by atoms with Gasteiger partial charge in [-0.2, -0.15) is 0 Å². The van der Waals surface area contributed by atoms with Gasteiger partial charge in [0, 0.05) is 6.54 Å². The third-order valence-electron chi connectivity index (χ3n) is 5.82. The van der Waals surface area contributed by atoms with Gasteiger partial charge in [-0.1, -0.05) is 91.5 Å². The van der Waals surface area contributed by atoms with Crippen molar-refractivity contribution in [2.75, 3.05) is 13.2 Å². The Morgan fingerprint density at radius 1 is 1.00 bits per heavy atom. The van der Waals surface area contributed by atoms with Crippen molar-refractivity contribution in [1.29, 1.82) is 0 Å². The molecule has 5 nitrogen and oxygen atoms in total. The summed E-state index contributed by atoms with van der Waals surface area (Å²) in [6.07, 6.45) is 5.32. The van der Waals surface area contributed by atoms with Crippen LogP contribution < -0.4 is 4.74 Å². The molecule has 0 saturated carbocycles. The minimum absolute atomic E-state index is 0.0658. The van der Waals surface area contributed by atoms with Crippen molar-refractivity contribution in [2.24, 2.45) is 0 Å². The summed E-state index contributed by atoms with van der Waals surface area (Å²) < 4.78 is 5.68. The van der Waals surface area contributed by atoms with E-state index >= 15 is 0 Å². The van der Waals surface area contributed by atoms with Gasteiger partial charge in [-0.25, -0.2) is 0 Å². The molecule has 1 N–H and O–H groups in total. The van der Waals surface area contributed by atoms with Gasteiger partial charge < -0.3 is 14.7 Å². The summed E-state index contributed by atoms with van der Waals surface area (Å²) in [6.45, 7) is 4.34. The zero-order valence-corrected chi connectivity index (χ0v) is 19.3. The van der Waals surface area contributed by atoms with Crippen LogP contribution in [0.15, 0.2) is 115 Å². The predicted molar refractivity (Wildman–Crippen MR) is 137 cm³/mol. The number of aliphatic hydroxyl groups is 1. The standard InChI is InChI=1S/C30H27NO4/c1-2-20-35-25-15-9-14-24(21-25)28-27(26(32)17-16-22-10-5-3-6-11-22)29(33)30(34)31(28)19-18-23-12-7-4-8-13-23/h2-17,21,28,33H,1,18-20H2. The number of benzene rings is 3. The van der Waals surface area contributed by atoms with E-state index < -0.39 is 23.5 Å². The summed E-state index contributed by atoms with van der Waals surface area (Å²) >= 11 is 0. The van der Waals surface area contributed by atoms with Gasteiger partial charge in [-0.05, 0) is 41.3 Å². The van der Waals surface area contributed by atoms with E-state index in [0.29, 0.717) is 30.9 Å². The van der Waals surface area contributed by atoms with Crippen molar-refractivity contribution in [2.45, 2.75) is 12.5 Å². The number of allylic oxidation sites excluding steroid dienone is 1. The molecule has 1 amide bonds. The molecule has 1 unspecified atom stereocenters. The summed E-state index contributed by atoms with van der Waals surface area (Å²) in [5, 5.41) is 10.8. The fourth-order valence-electron chi connectivity index (χ4n) is 4.13. The van der Waals surface area contributed by atoms with Crippen LogP contribution >= 0.6 is 0 Å². The molecule has 5 heteroatoms. The first kappa shape index (κ1) is 23.8. The first-order valence-electron chi connectivity index (χ1n) is 11.5. The van der Waals surface area contributed by atoms with Gasteiger partial charge in [-0.3, -0.25) is 9.59 Å². The maximum Gasteiger partial charge on any atom is 0.290 e. The molecule has 1 aliphatic rings. The average Bonchev–Trinajstić information content (AvgIpc) is 3.16. The Hall–Kier alpha value is -4.38. The first-order chi connectivity index (χ1) is 17.1. The molecule has 0 bridgehead atoms. The Labute approximate surface area is 205 Å². The normalized spacial score (nSPS) is 15.6. The number of hydrogen-bond donors (Lipinski definition) is 1. The SMILES string of the molecule is C=CCOc1cccc(C2C(C(=O)C=Cc3ccccc3)=C(O)C(=O)N2CCc2ccccc2)c1. The van der Waals surface area contributed by atoms with Gasteiger partial charge in [0.05, 0.1) is 11.6 Å². The molecule has 0 fully saturated rings. The molecule has 0 aromatic heterocycles. The number of ether oxygens (including phenoxy) is 1. The molecule has 1 aliphatic heterocycles. The number of aliphatic hydroxyl groups excluding tert-OH is 1. The highest BCUT2D eigenvalue weighted by atomic mass is 16.5. The van der Waals surface area contributed by atoms with E-state index in [4.69, 9.17) is 4.74 Å². The lowest BCUT2D eigenvalue weighted by atomic mass is 9.95. The van der Waals surface area contributed by atoms with Gasteiger partial charge in [-0.15, -0.1) is 0 Å². The molecule has 0 aliphatic carbocycles. The fourth-order valence-corrected chi connectivity index (χ4v) is 4.13. The number of hydrogen-bond acceptors (Lipinski definition) is 4. The molecule has 0 saturated heterocycles. The number of nitrogens with zero attached hydrogens (tertiary/aromatic N) is 1. The maximum absolute atomic E-state index is 13.3. The molecule has 1 atom stereocenters. The van der Waals surface area contributed by atoms with Crippen molar-refractivity contribution < 1.29 is 19.4 Å². The van der Waals surface area contributed by atoms with Gasteiger partial charge in [0.15, 0.2) is 11.5 Å². The smallest absolute Gasteiger partial charge is 0.290 e. The van der Waals surface area contributed by atoms with Crippen molar-refractivity contribution in [3.8, 4) is 5.75 Å². The second-order valence-corrected chi connectivity index (χ2v) is 8.18. The highest BCUT2D eigenvalue weighted by Gasteiger charge is 2.42. The minimum Gasteiger partial charge on any atom is -0.503 e. The van der Waals surface area contributed by atoms with E-state index in [0.717, 1.165) is 11.1 Å². The van der Waals surface area contributed by atoms with Crippen LogP contribution in [0.3, 0.4) is 0 Å². The molecular weight excluding hydrogens is 438 g/mol. The fraction of sp³-hybridized carbons (Fsp3) is 0.133. The first-order valence-corrected chi connectivity index (χ1v) is 11.5. The molecule has 4 rings (SSSR count). The number of amides is 1. The molecule has 35 heavy (non-hydrogen) atoms. The van der Waals surface area contributed by atoms with E-state index in [9.17, 15) is 14.7 Å². The Kier molecular flexibility index (Phi) is 7.58. The minimum atomic E-state index is -0.730. The van der Waals surface area contributed by atoms with E-state index in [1.165, 1.54) is 6.08 Å². The zero-order chi connectivity index (χ0) is 24.6. The van der Waals surface area contributed by atoms with Crippen LogP contribution in [0.25, 0.3) is 6.08 Å². The molecular formula is C30H27NO4. The van der Waals surface area contributed by atoms with Gasteiger partial charge in [0.2, 0.25) is 0 Å². The average molecular weight is 466 g/mol. The Balaban J connectivity index is 1.68. The van der Waals surface area contributed by atoms with Crippen LogP contribution in [0.4, 0.5) is 0 Å². The van der Waals surface area contributed by atoms with Gasteiger partial charge >= 0.3 is 0 Å². The molecule has 3 aromatic rings. The highest BCUT2D eigenvalue weighted by Crippen LogP contribution is 2.39. The van der Waals surface area contributed by atoms with Crippen molar-refractivity contribution >= 4 is 17.8 Å². The lowest BCUT2D eigenvalue weighted by Gasteiger charge is -2.27. The topological polar surface area (TPSA) is 66.8 Å². The molecule has 1 heterocycles. The number of carbonyl (C=O) groups is 2. The number of rotatable bonds is 10. The summed E-state index contributed by atoms with van der Waals surface area (Å²) in [5.74, 6) is -0.886. The third kappa shape index (κ3) is 5.58. The molecule has 3 aromatic carbocycles. The van der Waals surface area contributed by atoms with Crippen molar-refractivity contribution in [1.82, 2.24) is 4.90 Å². The number of ketones is 1. The quantitative estimate of drug-likeness (QED) is 0.318. The van der Waals surface area contributed by atoms with Crippen LogP contribution in [0.2, 0.25) is 0 Å². The summed E-state index contributed by atoms with van der Waals surface area (Å²) in [4.78, 5) is 28.0. The third-order valence-corrected chi connectivity index (χ3v) is 5.82. The van der Waals surface area contributed by atoms with Crippen molar-refractivity contribution in [3.63, 3.8) is 0 Å². The van der Waals surface area contributed by atoms with Crippen molar-refractivity contribution in [3.05, 3.63) is 132 Å². The lowest BCUT2D eigenvalue weighted by Crippen LogP contribution is -2.33. The van der Waals surface area contributed by atoms with Crippen LogP contribution in [-0.4, -0.2) is 34.8 Å². The largest absolute Gasteiger partial charge is 0.503 e. The van der Waals surface area contributed by atoms with Crippen LogP contribution in [0, 0.1) is 0 Å². The second-order valence-electron chi connectivity index (χ2n) is 8.18. The summed E-state index contributed by atoms with van der Waals surface area (Å²) in [5.41, 5.74) is 2.66. The second kappa shape index (κ2) is 11.2. The number of carbonyl (C=O) groups excluding carboxylic acids is 2. The van der Waals surface area contributed by atoms with E-state index in [-0.39, 0.29) is 5.57 Å². The van der Waals surface area contributed by atoms with Crippen LogP contribution in [0.5, 0.6) is 5.75 Å². The Morgan fingerprint density at radius 3 is 2.43 bits per heavy atom. The molecule has 0 radical (unpaired) electrons. The molecule has 0 spiro atoms. The summed E-state index contributed by atoms with van der Waals surface area (Å²) in [7, 11) is 0. The van der Waals surface area contributed by atoms with Crippen LogP contribution in [0.1, 0.15) is 22.7 Å². The molecule has 176 valence electrons. The van der Waals surface area contributed by atoms with Gasteiger partial charge in [0.1, 0.15) is 12.4 Å². The van der Waals surface area contributed by atoms with Crippen LogP contribution in [-0.2, 0) is 16.0 Å². The van der Waals surface area contributed by atoms with E-state index in [1.807, 2.05) is 72.8 Å². The van der Waals surface area contributed by atoms with E-state index in [2.05, 4.69) is 6.58 Å².